The summed E-state index contributed by atoms with van der Waals surface area (Å²) in [7, 11) is -9.92. The number of rotatable bonds is 76. The Hall–Kier alpha value is -1.94. The van der Waals surface area contributed by atoms with Crippen molar-refractivity contribution >= 4 is 39.5 Å². The molecular formula is C78H152O17P2. The van der Waals surface area contributed by atoms with Crippen molar-refractivity contribution in [3.63, 3.8) is 0 Å². The van der Waals surface area contributed by atoms with E-state index < -0.39 is 97.5 Å². The number of ether oxygens (including phenoxy) is 4. The smallest absolute Gasteiger partial charge is 0.462 e. The molecule has 0 rings (SSSR count). The Bertz CT molecular complexity index is 1890. The highest BCUT2D eigenvalue weighted by atomic mass is 31.2. The van der Waals surface area contributed by atoms with Gasteiger partial charge in [-0.05, 0) is 43.4 Å². The molecule has 0 saturated heterocycles. The first-order chi connectivity index (χ1) is 46.8. The highest BCUT2D eigenvalue weighted by molar-refractivity contribution is 7.47. The van der Waals surface area contributed by atoms with Crippen molar-refractivity contribution < 1.29 is 80.2 Å². The topological polar surface area (TPSA) is 237 Å². The molecule has 17 nitrogen and oxygen atoms in total. The maximum atomic E-state index is 13.1. The molecule has 19 heteroatoms. The summed E-state index contributed by atoms with van der Waals surface area (Å²) in [6, 6.07) is 0. The van der Waals surface area contributed by atoms with E-state index in [2.05, 4.69) is 48.5 Å². The van der Waals surface area contributed by atoms with Crippen molar-refractivity contribution in [1.29, 1.82) is 0 Å². The molecule has 0 spiro atoms. The summed E-state index contributed by atoms with van der Waals surface area (Å²) >= 11 is 0. The number of phosphoric acid groups is 2. The first kappa shape index (κ1) is 95.1. The number of aliphatic hydroxyl groups excluding tert-OH is 1. The zero-order valence-electron chi connectivity index (χ0n) is 63.5. The predicted molar refractivity (Wildman–Crippen MR) is 395 cm³/mol. The van der Waals surface area contributed by atoms with Gasteiger partial charge in [0, 0.05) is 25.7 Å². The Balaban J connectivity index is 5.25. The Labute approximate surface area is 594 Å². The first-order valence-corrected chi connectivity index (χ1v) is 43.4. The van der Waals surface area contributed by atoms with E-state index in [0.717, 1.165) is 108 Å². The molecule has 0 aromatic heterocycles. The van der Waals surface area contributed by atoms with Crippen LogP contribution in [0.15, 0.2) is 0 Å². The van der Waals surface area contributed by atoms with Gasteiger partial charge in [-0.3, -0.25) is 37.3 Å². The van der Waals surface area contributed by atoms with Crippen LogP contribution >= 0.6 is 15.6 Å². The number of aliphatic hydroxyl groups is 1. The SMILES string of the molecule is CCCCCCCCCCCCCCCCCCCC(=O)OC[C@H](COP(=O)(O)OC[C@@H](O)COP(=O)(O)OC[C@@H](COC(=O)CCCCCCCCCCC(C)C)OC(=O)CCCCCCCCCCC(C)CC)OC(=O)CCCCCCCCCCCCCCCCC(C)C. The fourth-order valence-electron chi connectivity index (χ4n) is 11.9. The highest BCUT2D eigenvalue weighted by Crippen LogP contribution is 2.45. The van der Waals surface area contributed by atoms with Crippen molar-refractivity contribution in [2.24, 2.45) is 17.8 Å². The van der Waals surface area contributed by atoms with Gasteiger partial charge in [-0.2, -0.15) is 0 Å². The Morgan fingerprint density at radius 2 is 0.526 bits per heavy atom. The van der Waals surface area contributed by atoms with Crippen LogP contribution in [-0.4, -0.2) is 96.7 Å². The quantitative estimate of drug-likeness (QED) is 0.0222. The van der Waals surface area contributed by atoms with Gasteiger partial charge in [-0.1, -0.05) is 350 Å². The molecule has 6 atom stereocenters. The molecule has 0 fully saturated rings. The Morgan fingerprint density at radius 1 is 0.299 bits per heavy atom. The number of carbonyl (C=O) groups is 4. The molecule has 0 saturated carbocycles. The van der Waals surface area contributed by atoms with Crippen molar-refractivity contribution in [3.05, 3.63) is 0 Å². The van der Waals surface area contributed by atoms with Gasteiger partial charge in [0.25, 0.3) is 0 Å². The van der Waals surface area contributed by atoms with Crippen LogP contribution in [-0.2, 0) is 65.4 Å². The fraction of sp³-hybridized carbons (Fsp3) is 0.949. The lowest BCUT2D eigenvalue weighted by Crippen LogP contribution is -2.30. The van der Waals surface area contributed by atoms with E-state index >= 15 is 0 Å². The maximum absolute atomic E-state index is 13.1. The lowest BCUT2D eigenvalue weighted by atomic mass is 9.99. The largest absolute Gasteiger partial charge is 0.472 e. The Kier molecular flexibility index (Phi) is 67.1. The van der Waals surface area contributed by atoms with Crippen molar-refractivity contribution in [2.45, 2.75) is 420 Å². The number of esters is 4. The highest BCUT2D eigenvalue weighted by Gasteiger charge is 2.30. The average molecular weight is 1420 g/mol. The minimum absolute atomic E-state index is 0.104. The van der Waals surface area contributed by atoms with Crippen LogP contribution in [0.5, 0.6) is 0 Å². The fourth-order valence-corrected chi connectivity index (χ4v) is 13.5. The predicted octanol–water partition coefficient (Wildman–Crippen LogP) is 23.0. The van der Waals surface area contributed by atoms with Crippen LogP contribution in [0.2, 0.25) is 0 Å². The van der Waals surface area contributed by atoms with E-state index in [-0.39, 0.29) is 25.7 Å². The molecule has 97 heavy (non-hydrogen) atoms. The molecule has 576 valence electrons. The van der Waals surface area contributed by atoms with E-state index in [1.807, 2.05) is 0 Å². The molecule has 0 aliphatic rings. The molecule has 3 unspecified atom stereocenters. The van der Waals surface area contributed by atoms with E-state index in [4.69, 9.17) is 37.0 Å². The number of carbonyl (C=O) groups excluding carboxylic acids is 4. The van der Waals surface area contributed by atoms with Crippen molar-refractivity contribution in [2.75, 3.05) is 39.6 Å². The minimum Gasteiger partial charge on any atom is -0.462 e. The number of phosphoric ester groups is 2. The monoisotopic (exact) mass is 1420 g/mol. The number of hydrogen-bond acceptors (Lipinski definition) is 15. The van der Waals surface area contributed by atoms with Crippen LogP contribution in [0.4, 0.5) is 0 Å². The third-order valence-electron chi connectivity index (χ3n) is 18.5. The van der Waals surface area contributed by atoms with E-state index in [1.165, 1.54) is 212 Å². The van der Waals surface area contributed by atoms with E-state index in [0.29, 0.717) is 25.7 Å². The summed E-state index contributed by atoms with van der Waals surface area (Å²) in [4.78, 5) is 72.9. The molecule has 0 aromatic carbocycles. The summed E-state index contributed by atoms with van der Waals surface area (Å²) in [6.07, 6.45) is 55.5. The molecule has 0 aliphatic heterocycles. The van der Waals surface area contributed by atoms with Crippen LogP contribution in [0.25, 0.3) is 0 Å². The summed E-state index contributed by atoms with van der Waals surface area (Å²) in [6.45, 7) is 11.9. The lowest BCUT2D eigenvalue weighted by molar-refractivity contribution is -0.161. The van der Waals surface area contributed by atoms with Crippen LogP contribution in [0.1, 0.15) is 402 Å². The molecule has 3 N–H and O–H groups in total. The zero-order chi connectivity index (χ0) is 71.6. The number of unbranched alkanes of at least 4 members (excludes halogenated alkanes) is 43. The van der Waals surface area contributed by atoms with Gasteiger partial charge >= 0.3 is 39.5 Å². The van der Waals surface area contributed by atoms with Crippen LogP contribution in [0.3, 0.4) is 0 Å². The van der Waals surface area contributed by atoms with Crippen LogP contribution < -0.4 is 0 Å². The van der Waals surface area contributed by atoms with Gasteiger partial charge in [-0.15, -0.1) is 0 Å². The molecule has 0 radical (unpaired) electrons. The molecule has 0 amide bonds. The van der Waals surface area contributed by atoms with E-state index in [1.54, 1.807) is 0 Å². The summed E-state index contributed by atoms with van der Waals surface area (Å²) in [5.41, 5.74) is 0. The third-order valence-corrected chi connectivity index (χ3v) is 20.4. The number of hydrogen-bond donors (Lipinski definition) is 3. The minimum atomic E-state index is -4.96. The second-order valence-electron chi connectivity index (χ2n) is 29.3. The maximum Gasteiger partial charge on any atom is 0.472 e. The third kappa shape index (κ3) is 70.9. The van der Waals surface area contributed by atoms with Gasteiger partial charge in [-0.25, -0.2) is 9.13 Å². The lowest BCUT2D eigenvalue weighted by Gasteiger charge is -2.21. The van der Waals surface area contributed by atoms with Crippen molar-refractivity contribution in [3.8, 4) is 0 Å². The van der Waals surface area contributed by atoms with Crippen LogP contribution in [0, 0.1) is 17.8 Å². The second kappa shape index (κ2) is 68.5. The van der Waals surface area contributed by atoms with Gasteiger partial charge in [0.05, 0.1) is 26.4 Å². The van der Waals surface area contributed by atoms with Gasteiger partial charge < -0.3 is 33.8 Å². The van der Waals surface area contributed by atoms with E-state index in [9.17, 15) is 43.2 Å². The first-order valence-electron chi connectivity index (χ1n) is 40.4. The summed E-state index contributed by atoms with van der Waals surface area (Å²) in [5.74, 6) is 0.174. The standard InChI is InChI=1S/C78H152O17P2/c1-8-10-11-12-13-14-15-16-17-18-19-23-26-29-38-45-52-59-75(80)88-65-73(94-77(82)61-54-47-40-30-27-24-21-20-22-25-28-35-42-49-56-69(3)4)67-92-96(84,85)90-63-72(79)64-91-97(86,87)93-68-74(66-89-76(81)60-53-46-39-33-31-36-43-50-57-70(5)6)95-78(83)62-55-48-41-34-32-37-44-51-58-71(7)9-2/h69-74,79H,8-68H2,1-7H3,(H,84,85)(H,86,87)/t71?,72-,73-,74-/m1/s1. The van der Waals surface area contributed by atoms with Crippen molar-refractivity contribution in [1.82, 2.24) is 0 Å². The van der Waals surface area contributed by atoms with Gasteiger partial charge in [0.15, 0.2) is 12.2 Å². The molecular weight excluding hydrogens is 1270 g/mol. The van der Waals surface area contributed by atoms with Gasteiger partial charge in [0.1, 0.15) is 19.3 Å². The average Bonchev–Trinajstić information content (AvgIpc) is 1.37. The Morgan fingerprint density at radius 3 is 0.784 bits per heavy atom. The molecule has 0 bridgehead atoms. The molecule has 0 aliphatic carbocycles. The zero-order valence-corrected chi connectivity index (χ0v) is 65.3. The normalized spacial score (nSPS) is 14.3. The summed E-state index contributed by atoms with van der Waals surface area (Å²) < 4.78 is 68.6. The molecule has 0 heterocycles. The second-order valence-corrected chi connectivity index (χ2v) is 32.2. The van der Waals surface area contributed by atoms with Gasteiger partial charge in [0.2, 0.25) is 0 Å². The molecule has 0 aromatic rings. The summed E-state index contributed by atoms with van der Waals surface area (Å²) in [5, 5.41) is 10.6.